The van der Waals surface area contributed by atoms with Crippen molar-refractivity contribution < 1.29 is 18.3 Å². The Morgan fingerprint density at radius 3 is 2.64 bits per heavy atom. The molecule has 2 aromatic rings. The minimum Gasteiger partial charge on any atom is -0.455 e. The lowest BCUT2D eigenvalue weighted by atomic mass is 9.92. The molecule has 1 aliphatic heterocycles. The maximum atomic E-state index is 13.3. The van der Waals surface area contributed by atoms with E-state index >= 15 is 0 Å². The molecule has 2 N–H and O–H groups in total. The minimum absolute atomic E-state index is 0.0367. The van der Waals surface area contributed by atoms with Gasteiger partial charge in [0.25, 0.3) is 0 Å². The first-order valence-electron chi connectivity index (χ1n) is 8.28. The van der Waals surface area contributed by atoms with Gasteiger partial charge in [0.1, 0.15) is 17.4 Å². The van der Waals surface area contributed by atoms with E-state index in [0.29, 0.717) is 17.5 Å². The molecule has 2 aromatic carbocycles. The van der Waals surface area contributed by atoms with E-state index in [1.54, 1.807) is 24.3 Å². The van der Waals surface area contributed by atoms with Crippen LogP contribution in [0.5, 0.6) is 11.5 Å². The molecule has 1 fully saturated rings. The molecule has 0 unspecified atom stereocenters. The molecule has 25 heavy (non-hydrogen) atoms. The van der Waals surface area contributed by atoms with Gasteiger partial charge in [-0.2, -0.15) is 0 Å². The summed E-state index contributed by atoms with van der Waals surface area (Å²) in [4.78, 5) is 12.5. The van der Waals surface area contributed by atoms with Crippen molar-refractivity contribution >= 4 is 11.6 Å². The molecule has 0 aromatic heterocycles. The summed E-state index contributed by atoms with van der Waals surface area (Å²) in [5, 5.41) is 6.18. The van der Waals surface area contributed by atoms with Crippen LogP contribution < -0.4 is 15.4 Å². The van der Waals surface area contributed by atoms with Crippen molar-refractivity contribution in [2.24, 2.45) is 5.92 Å². The van der Waals surface area contributed by atoms with Crippen molar-refractivity contribution in [3.63, 3.8) is 0 Å². The van der Waals surface area contributed by atoms with Gasteiger partial charge in [0.2, 0.25) is 5.91 Å². The molecule has 6 heteroatoms. The van der Waals surface area contributed by atoms with Crippen molar-refractivity contribution in [3.8, 4) is 11.5 Å². The Morgan fingerprint density at radius 2 is 1.92 bits per heavy atom. The van der Waals surface area contributed by atoms with Crippen LogP contribution in [-0.4, -0.2) is 18.5 Å². The molecule has 1 amide bonds. The van der Waals surface area contributed by atoms with Crippen molar-refractivity contribution in [3.05, 3.63) is 54.1 Å². The second kappa shape index (κ2) is 7.61. The van der Waals surface area contributed by atoms with Gasteiger partial charge < -0.3 is 15.4 Å². The van der Waals surface area contributed by atoms with Crippen LogP contribution in [-0.2, 0) is 4.79 Å². The third kappa shape index (κ3) is 4.54. The molecule has 0 aliphatic carbocycles. The lowest BCUT2D eigenvalue weighted by Crippen LogP contribution is -2.40. The summed E-state index contributed by atoms with van der Waals surface area (Å²) in [6.07, 6.45) is 1.54. The number of nitrogens with one attached hydrogen (secondary N) is 2. The average molecular weight is 346 g/mol. The van der Waals surface area contributed by atoms with E-state index in [4.69, 9.17) is 4.74 Å². The summed E-state index contributed by atoms with van der Waals surface area (Å²) < 4.78 is 32.2. The molecule has 0 bridgehead atoms. The van der Waals surface area contributed by atoms with E-state index < -0.39 is 11.6 Å². The summed E-state index contributed by atoms with van der Waals surface area (Å²) in [6.45, 7) is 2.86. The van der Waals surface area contributed by atoms with Crippen molar-refractivity contribution in [2.45, 2.75) is 25.8 Å². The summed E-state index contributed by atoms with van der Waals surface area (Å²) >= 11 is 0. The second-order valence-corrected chi connectivity index (χ2v) is 6.27. The predicted molar refractivity (Wildman–Crippen MR) is 91.7 cm³/mol. The second-order valence-electron chi connectivity index (χ2n) is 6.27. The molecular weight excluding hydrogens is 326 g/mol. The number of anilines is 1. The minimum atomic E-state index is -0.722. The smallest absolute Gasteiger partial charge is 0.227 e. The third-order valence-corrected chi connectivity index (χ3v) is 4.20. The standard InChI is InChI=1S/C19H20F2N2O2/c1-12-8-13(6-7-22-12)19(24)23-17-4-2-3-5-18(17)25-16-10-14(20)9-15(21)11-16/h2-5,9-13,22H,6-8H2,1H3,(H,23,24)/t12-,13-/m0/s1. The van der Waals surface area contributed by atoms with Gasteiger partial charge in [0.15, 0.2) is 5.75 Å². The number of halogens is 2. The first kappa shape index (κ1) is 17.4. The zero-order valence-corrected chi connectivity index (χ0v) is 13.9. The maximum Gasteiger partial charge on any atom is 0.227 e. The van der Waals surface area contributed by atoms with Gasteiger partial charge in [0, 0.05) is 30.2 Å². The first-order valence-corrected chi connectivity index (χ1v) is 8.28. The highest BCUT2D eigenvalue weighted by Gasteiger charge is 2.25. The molecule has 1 saturated heterocycles. The van der Waals surface area contributed by atoms with Crippen molar-refractivity contribution in [1.82, 2.24) is 5.32 Å². The Balaban J connectivity index is 1.75. The Morgan fingerprint density at radius 1 is 1.20 bits per heavy atom. The van der Waals surface area contributed by atoms with Crippen LogP contribution in [0.3, 0.4) is 0 Å². The SMILES string of the molecule is C[C@H]1C[C@@H](C(=O)Nc2ccccc2Oc2cc(F)cc(F)c2)CCN1. The number of ether oxygens (including phenoxy) is 1. The van der Waals surface area contributed by atoms with Crippen LogP contribution in [0, 0.1) is 17.6 Å². The largest absolute Gasteiger partial charge is 0.455 e. The Bertz CT molecular complexity index is 747. The number of carbonyl (C=O) groups is 1. The van der Waals surface area contributed by atoms with Crippen LogP contribution >= 0.6 is 0 Å². The Kier molecular flexibility index (Phi) is 5.28. The maximum absolute atomic E-state index is 13.3. The van der Waals surface area contributed by atoms with Gasteiger partial charge in [-0.25, -0.2) is 8.78 Å². The molecule has 0 radical (unpaired) electrons. The van der Waals surface area contributed by atoms with E-state index in [-0.39, 0.29) is 17.6 Å². The zero-order valence-electron chi connectivity index (χ0n) is 13.9. The number of rotatable bonds is 4. The highest BCUT2D eigenvalue weighted by Crippen LogP contribution is 2.31. The van der Waals surface area contributed by atoms with Crippen LogP contribution in [0.15, 0.2) is 42.5 Å². The highest BCUT2D eigenvalue weighted by atomic mass is 19.1. The number of para-hydroxylation sites is 2. The quantitative estimate of drug-likeness (QED) is 0.877. The van der Waals surface area contributed by atoms with Crippen LogP contribution in [0.2, 0.25) is 0 Å². The van der Waals surface area contributed by atoms with E-state index in [9.17, 15) is 13.6 Å². The lowest BCUT2D eigenvalue weighted by molar-refractivity contribution is -0.120. The summed E-state index contributed by atoms with van der Waals surface area (Å²) in [5.74, 6) is -1.22. The fourth-order valence-electron chi connectivity index (χ4n) is 2.98. The molecule has 3 rings (SSSR count). The van der Waals surface area contributed by atoms with Crippen LogP contribution in [0.4, 0.5) is 14.5 Å². The number of hydrogen-bond donors (Lipinski definition) is 2. The van der Waals surface area contributed by atoms with Gasteiger partial charge >= 0.3 is 0 Å². The predicted octanol–water partition coefficient (Wildman–Crippen LogP) is 4.08. The Labute approximate surface area is 145 Å². The molecule has 0 saturated carbocycles. The highest BCUT2D eigenvalue weighted by molar-refractivity contribution is 5.94. The van der Waals surface area contributed by atoms with Gasteiger partial charge in [-0.3, -0.25) is 4.79 Å². The Hall–Kier alpha value is -2.47. The van der Waals surface area contributed by atoms with E-state index in [0.717, 1.165) is 37.6 Å². The van der Waals surface area contributed by atoms with Gasteiger partial charge in [-0.15, -0.1) is 0 Å². The van der Waals surface area contributed by atoms with Crippen molar-refractivity contribution in [2.75, 3.05) is 11.9 Å². The first-order chi connectivity index (χ1) is 12.0. The van der Waals surface area contributed by atoms with Gasteiger partial charge in [-0.1, -0.05) is 12.1 Å². The average Bonchev–Trinajstić information content (AvgIpc) is 2.55. The third-order valence-electron chi connectivity index (χ3n) is 4.20. The normalized spacial score (nSPS) is 20.1. The fourth-order valence-corrected chi connectivity index (χ4v) is 2.98. The number of hydrogen-bond acceptors (Lipinski definition) is 3. The number of benzene rings is 2. The van der Waals surface area contributed by atoms with Crippen molar-refractivity contribution in [1.29, 1.82) is 0 Å². The fraction of sp³-hybridized carbons (Fsp3) is 0.316. The molecule has 0 spiro atoms. The zero-order chi connectivity index (χ0) is 17.8. The molecule has 4 nitrogen and oxygen atoms in total. The lowest BCUT2D eigenvalue weighted by Gasteiger charge is -2.27. The molecule has 132 valence electrons. The number of piperidine rings is 1. The summed E-state index contributed by atoms with van der Waals surface area (Å²) in [5.41, 5.74) is 0.475. The summed E-state index contributed by atoms with van der Waals surface area (Å²) in [7, 11) is 0. The van der Waals surface area contributed by atoms with Crippen LogP contribution in [0.25, 0.3) is 0 Å². The summed E-state index contributed by atoms with van der Waals surface area (Å²) in [6, 6.07) is 10.1. The van der Waals surface area contributed by atoms with E-state index in [1.807, 2.05) is 0 Å². The van der Waals surface area contributed by atoms with E-state index in [2.05, 4.69) is 17.6 Å². The van der Waals surface area contributed by atoms with Gasteiger partial charge in [0.05, 0.1) is 5.69 Å². The molecule has 1 aliphatic rings. The molecule has 1 heterocycles. The molecule has 2 atom stereocenters. The number of carbonyl (C=O) groups excluding carboxylic acids is 1. The molecular formula is C19H20F2N2O2. The monoisotopic (exact) mass is 346 g/mol. The topological polar surface area (TPSA) is 50.4 Å². The van der Waals surface area contributed by atoms with Gasteiger partial charge in [-0.05, 0) is 38.4 Å². The number of amides is 1. The van der Waals surface area contributed by atoms with Crippen LogP contribution in [0.1, 0.15) is 19.8 Å². The van der Waals surface area contributed by atoms with E-state index in [1.165, 1.54) is 0 Å².